The van der Waals surface area contributed by atoms with Gasteiger partial charge in [0.15, 0.2) is 0 Å². The fourth-order valence-electron chi connectivity index (χ4n) is 2.27. The summed E-state index contributed by atoms with van der Waals surface area (Å²) in [5, 5.41) is 2.95. The lowest BCUT2D eigenvalue weighted by Gasteiger charge is -2.38. The number of nitrogens with one attached hydrogen (secondary N) is 1. The van der Waals surface area contributed by atoms with Crippen LogP contribution in [0.1, 0.15) is 17.3 Å². The molecule has 1 amide bonds. The molecule has 6 heteroatoms. The minimum atomic E-state index is -0.0816. The number of carbonyl (C=O) groups is 1. The molecule has 0 bridgehead atoms. The second kappa shape index (κ2) is 5.73. The maximum absolute atomic E-state index is 12.1. The highest BCUT2D eigenvalue weighted by molar-refractivity contribution is 5.94. The van der Waals surface area contributed by atoms with E-state index in [2.05, 4.69) is 22.2 Å². The number of carbonyl (C=O) groups excluding carboxylic acids is 1. The van der Waals surface area contributed by atoms with Gasteiger partial charge in [0.05, 0.1) is 18.9 Å². The summed E-state index contributed by atoms with van der Waals surface area (Å²) in [7, 11) is 0. The number of benzene rings is 1. The molecule has 1 aliphatic heterocycles. The summed E-state index contributed by atoms with van der Waals surface area (Å²) in [6.45, 7) is 4.11. The van der Waals surface area contributed by atoms with Gasteiger partial charge in [-0.25, -0.2) is 9.97 Å². The topological polar surface area (TPSA) is 90.1 Å². The van der Waals surface area contributed by atoms with E-state index < -0.39 is 0 Å². The summed E-state index contributed by atoms with van der Waals surface area (Å²) in [6, 6.07) is 8.97. The van der Waals surface area contributed by atoms with E-state index in [1.807, 2.05) is 12.1 Å². The van der Waals surface area contributed by atoms with Gasteiger partial charge >= 0.3 is 0 Å². The lowest BCUT2D eigenvalue weighted by atomic mass is 9.88. The third-order valence-electron chi connectivity index (χ3n) is 3.71. The smallest absolute Gasteiger partial charge is 0.251 e. The van der Waals surface area contributed by atoms with E-state index in [9.17, 15) is 4.79 Å². The molecule has 0 spiro atoms. The molecule has 0 saturated carbocycles. The molecular weight excluding hydrogens is 280 g/mol. The van der Waals surface area contributed by atoms with Crippen molar-refractivity contribution in [2.45, 2.75) is 6.92 Å². The Morgan fingerprint density at radius 2 is 2.05 bits per heavy atom. The molecule has 3 rings (SSSR count). The summed E-state index contributed by atoms with van der Waals surface area (Å²) in [5.41, 5.74) is 7.96. The van der Waals surface area contributed by atoms with E-state index in [1.165, 1.54) is 6.33 Å². The summed E-state index contributed by atoms with van der Waals surface area (Å²) < 4.78 is 5.18. The van der Waals surface area contributed by atoms with Crippen LogP contribution in [0.5, 0.6) is 0 Å². The summed E-state index contributed by atoms with van der Waals surface area (Å²) in [6.07, 6.45) is 1.42. The quantitative estimate of drug-likeness (QED) is 0.892. The maximum atomic E-state index is 12.1. The third kappa shape index (κ3) is 3.07. The summed E-state index contributed by atoms with van der Waals surface area (Å²) in [4.78, 5) is 20.2. The van der Waals surface area contributed by atoms with Crippen molar-refractivity contribution in [2.75, 3.05) is 25.5 Å². The second-order valence-corrected chi connectivity index (χ2v) is 5.89. The van der Waals surface area contributed by atoms with Gasteiger partial charge in [0.2, 0.25) is 0 Å². The monoisotopic (exact) mass is 298 g/mol. The molecule has 0 aliphatic carbocycles. The predicted octanol–water partition coefficient (Wildman–Crippen LogP) is 1.49. The summed E-state index contributed by atoms with van der Waals surface area (Å²) >= 11 is 0. The first kappa shape index (κ1) is 14.5. The van der Waals surface area contributed by atoms with Crippen molar-refractivity contribution in [1.29, 1.82) is 0 Å². The highest BCUT2D eigenvalue weighted by Crippen LogP contribution is 2.25. The number of hydrogen-bond acceptors (Lipinski definition) is 5. The van der Waals surface area contributed by atoms with E-state index in [-0.39, 0.29) is 11.3 Å². The van der Waals surface area contributed by atoms with Crippen molar-refractivity contribution >= 4 is 11.7 Å². The zero-order valence-electron chi connectivity index (χ0n) is 12.4. The number of hydrogen-bond donors (Lipinski definition) is 2. The average molecular weight is 298 g/mol. The van der Waals surface area contributed by atoms with E-state index in [0.717, 1.165) is 11.3 Å². The number of nitrogen functional groups attached to an aromatic ring is 1. The molecule has 0 radical (unpaired) electrons. The first-order valence-corrected chi connectivity index (χ1v) is 7.10. The van der Waals surface area contributed by atoms with Crippen molar-refractivity contribution in [3.63, 3.8) is 0 Å². The molecule has 114 valence electrons. The van der Waals surface area contributed by atoms with Crippen LogP contribution in [0.15, 0.2) is 36.7 Å². The van der Waals surface area contributed by atoms with Gasteiger partial charge in [-0.05, 0) is 12.1 Å². The predicted molar refractivity (Wildman–Crippen MR) is 83.1 cm³/mol. The molecule has 2 heterocycles. The third-order valence-corrected chi connectivity index (χ3v) is 3.71. The van der Waals surface area contributed by atoms with E-state index in [0.29, 0.717) is 31.1 Å². The van der Waals surface area contributed by atoms with Crippen LogP contribution in [0.2, 0.25) is 0 Å². The van der Waals surface area contributed by atoms with Crippen molar-refractivity contribution in [3.8, 4) is 11.3 Å². The molecular formula is C16H18N4O2. The molecule has 1 aromatic heterocycles. The molecule has 1 aromatic carbocycles. The molecule has 1 fully saturated rings. The number of nitrogens with two attached hydrogens (primary N) is 1. The van der Waals surface area contributed by atoms with Crippen LogP contribution in [-0.2, 0) is 4.74 Å². The number of anilines is 1. The highest BCUT2D eigenvalue weighted by atomic mass is 16.5. The minimum absolute atomic E-state index is 0.0636. The van der Waals surface area contributed by atoms with Gasteiger partial charge in [-0.1, -0.05) is 19.1 Å². The van der Waals surface area contributed by atoms with Crippen LogP contribution >= 0.6 is 0 Å². The van der Waals surface area contributed by atoms with Crippen LogP contribution in [0.25, 0.3) is 11.3 Å². The van der Waals surface area contributed by atoms with Crippen molar-refractivity contribution in [2.24, 2.45) is 5.41 Å². The van der Waals surface area contributed by atoms with Gasteiger partial charge in [-0.2, -0.15) is 0 Å². The zero-order chi connectivity index (χ0) is 15.6. The maximum Gasteiger partial charge on any atom is 0.251 e. The highest BCUT2D eigenvalue weighted by Gasteiger charge is 2.33. The molecule has 3 N–H and O–H groups in total. The first-order chi connectivity index (χ1) is 10.6. The number of ether oxygens (including phenoxy) is 1. The number of aromatic nitrogens is 2. The molecule has 1 aliphatic rings. The molecule has 1 saturated heterocycles. The Kier molecular flexibility index (Phi) is 3.77. The van der Waals surface area contributed by atoms with Crippen LogP contribution in [-0.4, -0.2) is 35.6 Å². The van der Waals surface area contributed by atoms with Crippen LogP contribution < -0.4 is 11.1 Å². The Morgan fingerprint density at radius 3 is 2.64 bits per heavy atom. The largest absolute Gasteiger partial charge is 0.384 e. The lowest BCUT2D eigenvalue weighted by Crippen LogP contribution is -2.48. The second-order valence-electron chi connectivity index (χ2n) is 5.89. The molecule has 22 heavy (non-hydrogen) atoms. The van der Waals surface area contributed by atoms with Gasteiger partial charge in [-0.15, -0.1) is 0 Å². The van der Waals surface area contributed by atoms with Crippen LogP contribution in [0.4, 0.5) is 5.82 Å². The van der Waals surface area contributed by atoms with Gasteiger partial charge in [0, 0.05) is 29.2 Å². The van der Waals surface area contributed by atoms with Crippen LogP contribution in [0.3, 0.4) is 0 Å². The fourth-order valence-corrected chi connectivity index (χ4v) is 2.27. The first-order valence-electron chi connectivity index (χ1n) is 7.10. The van der Waals surface area contributed by atoms with Gasteiger partial charge < -0.3 is 15.8 Å². The van der Waals surface area contributed by atoms with Crippen molar-refractivity contribution in [1.82, 2.24) is 15.3 Å². The van der Waals surface area contributed by atoms with E-state index >= 15 is 0 Å². The normalized spacial score (nSPS) is 15.9. The van der Waals surface area contributed by atoms with Gasteiger partial charge in [-0.3, -0.25) is 4.79 Å². The number of rotatable bonds is 4. The van der Waals surface area contributed by atoms with Gasteiger partial charge in [0.1, 0.15) is 12.1 Å². The van der Waals surface area contributed by atoms with Gasteiger partial charge in [0.25, 0.3) is 5.91 Å². The fraction of sp³-hybridized carbons (Fsp3) is 0.312. The average Bonchev–Trinajstić information content (AvgIpc) is 2.51. The molecule has 2 aromatic rings. The lowest BCUT2D eigenvalue weighted by molar-refractivity contribution is -0.0978. The Labute approximate surface area is 128 Å². The number of nitrogens with zero attached hydrogens (tertiary/aromatic N) is 2. The standard InChI is InChI=1S/C16H18N4O2/c1-16(8-22-9-16)7-18-15(21)12-4-2-11(3-5-12)13-6-14(17)20-10-19-13/h2-6,10H,7-9H2,1H3,(H,18,21)(H2,17,19,20). The Morgan fingerprint density at radius 1 is 1.32 bits per heavy atom. The molecule has 6 nitrogen and oxygen atoms in total. The number of amides is 1. The Bertz CT molecular complexity index is 681. The van der Waals surface area contributed by atoms with E-state index in [4.69, 9.17) is 10.5 Å². The zero-order valence-corrected chi connectivity index (χ0v) is 12.4. The van der Waals surface area contributed by atoms with Crippen molar-refractivity contribution < 1.29 is 9.53 Å². The Balaban J connectivity index is 1.67. The molecule has 0 unspecified atom stereocenters. The molecule has 0 atom stereocenters. The summed E-state index contributed by atoms with van der Waals surface area (Å²) in [5.74, 6) is 0.338. The van der Waals surface area contributed by atoms with Crippen molar-refractivity contribution in [3.05, 3.63) is 42.2 Å². The SMILES string of the molecule is CC1(CNC(=O)c2ccc(-c3cc(N)ncn3)cc2)COC1. The minimum Gasteiger partial charge on any atom is -0.384 e. The van der Waals surface area contributed by atoms with Crippen LogP contribution in [0, 0.1) is 5.41 Å². The Hall–Kier alpha value is -2.47. The van der Waals surface area contributed by atoms with E-state index in [1.54, 1.807) is 18.2 Å².